The minimum absolute atomic E-state index is 0.0233. The van der Waals surface area contributed by atoms with Crippen LogP contribution in [0.15, 0.2) is 12.3 Å². The number of hydrogen-bond donors (Lipinski definition) is 2. The number of rotatable bonds is 5. The molecule has 1 aromatic rings. The summed E-state index contributed by atoms with van der Waals surface area (Å²) in [7, 11) is 0. The van der Waals surface area contributed by atoms with Gasteiger partial charge >= 0.3 is 0 Å². The van der Waals surface area contributed by atoms with Crippen molar-refractivity contribution in [3.8, 4) is 0 Å². The second-order valence-corrected chi connectivity index (χ2v) is 4.71. The Kier molecular flexibility index (Phi) is 5.07. The first-order valence-electron chi connectivity index (χ1n) is 6.15. The van der Waals surface area contributed by atoms with Crippen LogP contribution in [0.1, 0.15) is 44.0 Å². The van der Waals surface area contributed by atoms with E-state index in [2.05, 4.69) is 24.1 Å². The van der Waals surface area contributed by atoms with Crippen LogP contribution < -0.4 is 11.1 Å². The molecule has 0 aromatic carbocycles. The monoisotopic (exact) mass is 253 g/mol. The van der Waals surface area contributed by atoms with Crippen LogP contribution in [0.4, 0.5) is 10.2 Å². The van der Waals surface area contributed by atoms with Crippen molar-refractivity contribution in [2.75, 3.05) is 5.73 Å². The number of nitrogens with zero attached hydrogens (tertiary/aromatic N) is 1. The van der Waals surface area contributed by atoms with Gasteiger partial charge in [0.25, 0.3) is 5.91 Å². The number of carbonyl (C=O) groups excluding carboxylic acids is 1. The van der Waals surface area contributed by atoms with Crippen LogP contribution in [0, 0.1) is 11.7 Å². The SMILES string of the molecule is CCC(C)CC(C)NC(=O)c1cc(F)cnc1N. The summed E-state index contributed by atoms with van der Waals surface area (Å²) < 4.78 is 13.0. The molecule has 0 aliphatic rings. The summed E-state index contributed by atoms with van der Waals surface area (Å²) in [6.45, 7) is 6.15. The zero-order valence-corrected chi connectivity index (χ0v) is 11.0. The van der Waals surface area contributed by atoms with Gasteiger partial charge in [-0.2, -0.15) is 0 Å². The molecule has 18 heavy (non-hydrogen) atoms. The quantitative estimate of drug-likeness (QED) is 0.846. The summed E-state index contributed by atoms with van der Waals surface area (Å²) in [4.78, 5) is 15.5. The number of anilines is 1. The molecule has 100 valence electrons. The Hall–Kier alpha value is -1.65. The minimum atomic E-state index is -0.566. The maximum atomic E-state index is 13.0. The van der Waals surface area contributed by atoms with E-state index in [9.17, 15) is 9.18 Å². The third-order valence-corrected chi connectivity index (χ3v) is 2.96. The van der Waals surface area contributed by atoms with Crippen LogP contribution in [0.2, 0.25) is 0 Å². The second kappa shape index (κ2) is 6.33. The summed E-state index contributed by atoms with van der Waals surface area (Å²) in [5.41, 5.74) is 5.64. The standard InChI is InChI=1S/C13H20FN3O/c1-4-8(2)5-9(3)17-13(18)11-6-10(14)7-16-12(11)15/h6-9H,4-5H2,1-3H3,(H2,15,16)(H,17,18). The topological polar surface area (TPSA) is 68.0 Å². The van der Waals surface area contributed by atoms with Gasteiger partial charge in [0.15, 0.2) is 0 Å². The molecule has 1 aromatic heterocycles. The van der Waals surface area contributed by atoms with Crippen molar-refractivity contribution in [2.45, 2.75) is 39.7 Å². The largest absolute Gasteiger partial charge is 0.383 e. The van der Waals surface area contributed by atoms with E-state index >= 15 is 0 Å². The van der Waals surface area contributed by atoms with Crippen molar-refractivity contribution in [1.82, 2.24) is 10.3 Å². The first-order chi connectivity index (χ1) is 8.43. The summed E-state index contributed by atoms with van der Waals surface area (Å²) in [5, 5.41) is 2.80. The Morgan fingerprint density at radius 1 is 1.56 bits per heavy atom. The molecule has 0 aliphatic heterocycles. The van der Waals surface area contributed by atoms with Crippen LogP contribution in [-0.4, -0.2) is 16.9 Å². The summed E-state index contributed by atoms with van der Waals surface area (Å²) in [5.74, 6) is -0.368. The van der Waals surface area contributed by atoms with Gasteiger partial charge in [0.2, 0.25) is 0 Å². The maximum Gasteiger partial charge on any atom is 0.255 e. The van der Waals surface area contributed by atoms with Crippen LogP contribution in [0.25, 0.3) is 0 Å². The zero-order chi connectivity index (χ0) is 13.7. The molecule has 0 spiro atoms. The average molecular weight is 253 g/mol. The molecule has 0 fully saturated rings. The summed E-state index contributed by atoms with van der Waals surface area (Å²) in [6, 6.07) is 1.13. The number of hydrogen-bond acceptors (Lipinski definition) is 3. The molecule has 1 amide bonds. The molecule has 1 rings (SSSR count). The van der Waals surface area contributed by atoms with E-state index in [0.717, 1.165) is 25.1 Å². The number of nitrogens with one attached hydrogen (secondary N) is 1. The van der Waals surface area contributed by atoms with E-state index in [-0.39, 0.29) is 23.3 Å². The van der Waals surface area contributed by atoms with Crippen LogP contribution in [-0.2, 0) is 0 Å². The highest BCUT2D eigenvalue weighted by Gasteiger charge is 2.15. The molecule has 0 bridgehead atoms. The van der Waals surface area contributed by atoms with E-state index in [4.69, 9.17) is 5.73 Å². The Morgan fingerprint density at radius 3 is 2.83 bits per heavy atom. The lowest BCUT2D eigenvalue weighted by atomic mass is 10.0. The summed E-state index contributed by atoms with van der Waals surface area (Å²) in [6.07, 6.45) is 2.93. The Balaban J connectivity index is 2.67. The van der Waals surface area contributed by atoms with Gasteiger partial charge in [-0.25, -0.2) is 9.37 Å². The first-order valence-corrected chi connectivity index (χ1v) is 6.15. The minimum Gasteiger partial charge on any atom is -0.383 e. The average Bonchev–Trinajstić information content (AvgIpc) is 2.31. The van der Waals surface area contributed by atoms with Gasteiger partial charge in [0, 0.05) is 6.04 Å². The Bertz CT molecular complexity index is 423. The number of nitrogens with two attached hydrogens (primary N) is 1. The molecule has 0 saturated heterocycles. The van der Waals surface area contributed by atoms with Crippen molar-refractivity contribution >= 4 is 11.7 Å². The smallest absolute Gasteiger partial charge is 0.255 e. The van der Waals surface area contributed by atoms with Gasteiger partial charge < -0.3 is 11.1 Å². The third kappa shape index (κ3) is 3.98. The molecule has 0 aliphatic carbocycles. The molecule has 2 atom stereocenters. The zero-order valence-electron chi connectivity index (χ0n) is 11.0. The molecule has 1 heterocycles. The number of carbonyl (C=O) groups is 1. The Labute approximate surface area is 107 Å². The third-order valence-electron chi connectivity index (χ3n) is 2.96. The van der Waals surface area contributed by atoms with E-state index in [1.54, 1.807) is 0 Å². The van der Waals surface area contributed by atoms with Crippen molar-refractivity contribution in [3.05, 3.63) is 23.6 Å². The van der Waals surface area contributed by atoms with Gasteiger partial charge in [-0.05, 0) is 25.3 Å². The number of aromatic nitrogens is 1. The molecule has 3 N–H and O–H groups in total. The lowest BCUT2D eigenvalue weighted by molar-refractivity contribution is 0.0935. The van der Waals surface area contributed by atoms with Crippen molar-refractivity contribution in [2.24, 2.45) is 5.92 Å². The predicted molar refractivity (Wildman–Crippen MR) is 69.6 cm³/mol. The molecule has 0 radical (unpaired) electrons. The van der Waals surface area contributed by atoms with Crippen molar-refractivity contribution in [1.29, 1.82) is 0 Å². The fraction of sp³-hybridized carbons (Fsp3) is 0.538. The highest BCUT2D eigenvalue weighted by atomic mass is 19.1. The first kappa shape index (κ1) is 14.4. The van der Waals surface area contributed by atoms with Gasteiger partial charge in [0.05, 0.1) is 11.8 Å². The highest BCUT2D eigenvalue weighted by molar-refractivity contribution is 5.98. The molecular formula is C13H20FN3O. The van der Waals surface area contributed by atoms with E-state index < -0.39 is 5.82 Å². The maximum absolute atomic E-state index is 13.0. The number of halogens is 1. The van der Waals surface area contributed by atoms with E-state index in [1.807, 2.05) is 6.92 Å². The number of pyridine rings is 1. The molecular weight excluding hydrogens is 233 g/mol. The second-order valence-electron chi connectivity index (χ2n) is 4.71. The van der Waals surface area contributed by atoms with Crippen LogP contribution in [0.3, 0.4) is 0 Å². The Morgan fingerprint density at radius 2 is 2.22 bits per heavy atom. The van der Waals surface area contributed by atoms with E-state index in [1.165, 1.54) is 0 Å². The predicted octanol–water partition coefficient (Wildman–Crippen LogP) is 2.36. The summed E-state index contributed by atoms with van der Waals surface area (Å²) >= 11 is 0. The van der Waals surface area contributed by atoms with E-state index in [0.29, 0.717) is 5.92 Å². The van der Waals surface area contributed by atoms with Crippen molar-refractivity contribution in [3.63, 3.8) is 0 Å². The molecule has 5 heteroatoms. The van der Waals surface area contributed by atoms with Gasteiger partial charge in [0.1, 0.15) is 11.6 Å². The van der Waals surface area contributed by atoms with Gasteiger partial charge in [-0.15, -0.1) is 0 Å². The van der Waals surface area contributed by atoms with Crippen LogP contribution >= 0.6 is 0 Å². The normalized spacial score (nSPS) is 14.0. The van der Waals surface area contributed by atoms with Crippen molar-refractivity contribution < 1.29 is 9.18 Å². The number of amides is 1. The molecule has 0 saturated carbocycles. The molecule has 4 nitrogen and oxygen atoms in total. The number of nitrogen functional groups attached to an aromatic ring is 1. The highest BCUT2D eigenvalue weighted by Crippen LogP contribution is 2.13. The molecule has 2 unspecified atom stereocenters. The van der Waals surface area contributed by atoms with Gasteiger partial charge in [-0.1, -0.05) is 20.3 Å². The van der Waals surface area contributed by atoms with Gasteiger partial charge in [-0.3, -0.25) is 4.79 Å². The van der Waals surface area contributed by atoms with Crippen LogP contribution in [0.5, 0.6) is 0 Å². The lowest BCUT2D eigenvalue weighted by Crippen LogP contribution is -2.34. The fourth-order valence-corrected chi connectivity index (χ4v) is 1.76. The fourth-order valence-electron chi connectivity index (χ4n) is 1.76. The lowest BCUT2D eigenvalue weighted by Gasteiger charge is -2.17.